The Hall–Kier alpha value is -1.78. The van der Waals surface area contributed by atoms with Crippen molar-refractivity contribution in [2.24, 2.45) is 5.73 Å². The van der Waals surface area contributed by atoms with E-state index in [0.29, 0.717) is 12.8 Å². The molecule has 11 nitrogen and oxygen atoms in total. The standard InChI is InChI=1S/C37H70NO10P/c1-3-5-7-9-11-13-15-16-17-18-19-21-22-24-26-28-35(39)45-30-33(31-46-49(43,44)47-32-34(38)37(41)42)48-36(40)29-27-25-23-20-14-12-10-8-6-4-2/h13,15,33-34H,3-12,14,16-32,38H2,1-2H3,(H,41,42)(H,43,44)/b15-13+/t33-,34+/m0/s1. The number of ether oxygens (including phenoxy) is 2. The number of carbonyl (C=O) groups is 3. The highest BCUT2D eigenvalue weighted by Gasteiger charge is 2.28. The van der Waals surface area contributed by atoms with E-state index < -0.39 is 51.1 Å². The minimum atomic E-state index is -4.70. The van der Waals surface area contributed by atoms with Gasteiger partial charge in [0.05, 0.1) is 13.2 Å². The summed E-state index contributed by atoms with van der Waals surface area (Å²) in [5.74, 6) is -2.38. The Balaban J connectivity index is 4.40. The monoisotopic (exact) mass is 719 g/mol. The molecule has 0 fully saturated rings. The fraction of sp³-hybridized carbons (Fsp3) is 0.865. The first-order valence-corrected chi connectivity index (χ1v) is 20.7. The molecule has 288 valence electrons. The number of hydrogen-bond donors (Lipinski definition) is 3. The van der Waals surface area contributed by atoms with Crippen molar-refractivity contribution < 1.29 is 47.5 Å². The first-order valence-electron chi connectivity index (χ1n) is 19.2. The molecular formula is C37H70NO10P. The van der Waals surface area contributed by atoms with Crippen LogP contribution in [0.3, 0.4) is 0 Å². The van der Waals surface area contributed by atoms with Gasteiger partial charge in [-0.1, -0.05) is 135 Å². The summed E-state index contributed by atoms with van der Waals surface area (Å²) in [6.45, 7) is 2.76. The van der Waals surface area contributed by atoms with Gasteiger partial charge in [0, 0.05) is 12.8 Å². The van der Waals surface area contributed by atoms with Crippen LogP contribution >= 0.6 is 7.82 Å². The van der Waals surface area contributed by atoms with Crippen LogP contribution in [0.1, 0.15) is 174 Å². The van der Waals surface area contributed by atoms with Crippen LogP contribution in [0.2, 0.25) is 0 Å². The van der Waals surface area contributed by atoms with Crippen LogP contribution in [0.5, 0.6) is 0 Å². The van der Waals surface area contributed by atoms with Crippen molar-refractivity contribution in [3.8, 4) is 0 Å². The summed E-state index contributed by atoms with van der Waals surface area (Å²) in [5, 5.41) is 8.85. The van der Waals surface area contributed by atoms with E-state index in [1.807, 2.05) is 0 Å². The maximum Gasteiger partial charge on any atom is 0.472 e. The second-order valence-corrected chi connectivity index (χ2v) is 14.5. The van der Waals surface area contributed by atoms with E-state index in [1.54, 1.807) is 0 Å². The first-order chi connectivity index (χ1) is 23.6. The lowest BCUT2D eigenvalue weighted by atomic mass is 10.1. The molecule has 0 saturated heterocycles. The summed E-state index contributed by atoms with van der Waals surface area (Å²) in [5.41, 5.74) is 5.31. The lowest BCUT2D eigenvalue weighted by Gasteiger charge is -2.20. The van der Waals surface area contributed by atoms with E-state index in [4.69, 9.17) is 24.8 Å². The molecule has 3 atom stereocenters. The zero-order valence-corrected chi connectivity index (χ0v) is 31.7. The largest absolute Gasteiger partial charge is 0.480 e. The number of phosphoric ester groups is 1. The van der Waals surface area contributed by atoms with E-state index in [2.05, 4.69) is 30.5 Å². The van der Waals surface area contributed by atoms with Crippen molar-refractivity contribution in [1.82, 2.24) is 0 Å². The molecule has 0 saturated carbocycles. The van der Waals surface area contributed by atoms with Crippen molar-refractivity contribution >= 4 is 25.7 Å². The van der Waals surface area contributed by atoms with Crippen molar-refractivity contribution in [2.75, 3.05) is 19.8 Å². The molecule has 1 unspecified atom stereocenters. The van der Waals surface area contributed by atoms with Crippen molar-refractivity contribution in [3.05, 3.63) is 12.2 Å². The zero-order chi connectivity index (χ0) is 36.4. The lowest BCUT2D eigenvalue weighted by Crippen LogP contribution is -2.34. The molecule has 0 heterocycles. The normalized spacial score (nSPS) is 14.0. The van der Waals surface area contributed by atoms with E-state index in [-0.39, 0.29) is 19.4 Å². The van der Waals surface area contributed by atoms with Gasteiger partial charge in [0.2, 0.25) is 0 Å². The number of aliphatic carboxylic acids is 1. The molecule has 0 aromatic rings. The van der Waals surface area contributed by atoms with Gasteiger partial charge < -0.3 is 25.2 Å². The van der Waals surface area contributed by atoms with Crippen molar-refractivity contribution in [1.29, 1.82) is 0 Å². The Morgan fingerprint density at radius 3 is 1.51 bits per heavy atom. The zero-order valence-electron chi connectivity index (χ0n) is 30.8. The molecule has 0 aliphatic rings. The molecule has 0 radical (unpaired) electrons. The van der Waals surface area contributed by atoms with Crippen LogP contribution in [-0.2, 0) is 37.5 Å². The summed E-state index contributed by atoms with van der Waals surface area (Å²) in [6.07, 6.45) is 30.0. The summed E-state index contributed by atoms with van der Waals surface area (Å²) < 4.78 is 32.5. The highest BCUT2D eigenvalue weighted by atomic mass is 31.2. The summed E-state index contributed by atoms with van der Waals surface area (Å²) in [7, 11) is -4.70. The Morgan fingerprint density at radius 2 is 1.02 bits per heavy atom. The average Bonchev–Trinajstić information content (AvgIpc) is 3.07. The molecular weight excluding hydrogens is 649 g/mol. The van der Waals surface area contributed by atoms with Gasteiger partial charge in [0.15, 0.2) is 6.10 Å². The third-order valence-electron chi connectivity index (χ3n) is 8.26. The maximum absolute atomic E-state index is 12.5. The second-order valence-electron chi connectivity index (χ2n) is 13.1. The Bertz CT molecular complexity index is 900. The fourth-order valence-corrected chi connectivity index (χ4v) is 5.95. The number of carboxylic acid groups (broad SMARTS) is 1. The number of unbranched alkanes of at least 4 members (excludes halogenated alkanes) is 20. The van der Waals surface area contributed by atoms with Crippen molar-refractivity contribution in [3.63, 3.8) is 0 Å². The minimum Gasteiger partial charge on any atom is -0.480 e. The molecule has 0 rings (SSSR count). The van der Waals surface area contributed by atoms with Crippen LogP contribution in [0.15, 0.2) is 12.2 Å². The molecule has 12 heteroatoms. The topological polar surface area (TPSA) is 172 Å². The molecule has 4 N–H and O–H groups in total. The lowest BCUT2D eigenvalue weighted by molar-refractivity contribution is -0.161. The molecule has 0 aromatic carbocycles. The van der Waals surface area contributed by atoms with Gasteiger partial charge in [0.1, 0.15) is 12.6 Å². The molecule has 0 aliphatic heterocycles. The third-order valence-corrected chi connectivity index (χ3v) is 9.21. The number of rotatable bonds is 36. The predicted octanol–water partition coefficient (Wildman–Crippen LogP) is 9.34. The van der Waals surface area contributed by atoms with Gasteiger partial charge >= 0.3 is 25.7 Å². The average molecular weight is 720 g/mol. The molecule has 0 aromatic heterocycles. The van der Waals surface area contributed by atoms with Gasteiger partial charge in [-0.15, -0.1) is 0 Å². The summed E-state index contributed by atoms with van der Waals surface area (Å²) >= 11 is 0. The van der Waals surface area contributed by atoms with Gasteiger partial charge in [-0.3, -0.25) is 23.4 Å². The predicted molar refractivity (Wildman–Crippen MR) is 194 cm³/mol. The molecule has 0 amide bonds. The molecule has 0 spiro atoms. The van der Waals surface area contributed by atoms with Gasteiger partial charge in [0.25, 0.3) is 0 Å². The van der Waals surface area contributed by atoms with Crippen LogP contribution in [0.25, 0.3) is 0 Å². The van der Waals surface area contributed by atoms with E-state index in [0.717, 1.165) is 44.9 Å². The molecule has 49 heavy (non-hydrogen) atoms. The van der Waals surface area contributed by atoms with Gasteiger partial charge in [-0.2, -0.15) is 0 Å². The third kappa shape index (κ3) is 33.1. The highest BCUT2D eigenvalue weighted by molar-refractivity contribution is 7.47. The second kappa shape index (κ2) is 33.4. The van der Waals surface area contributed by atoms with Crippen LogP contribution < -0.4 is 5.73 Å². The van der Waals surface area contributed by atoms with E-state index in [9.17, 15) is 23.8 Å². The van der Waals surface area contributed by atoms with Gasteiger partial charge in [-0.25, -0.2) is 4.57 Å². The first kappa shape index (κ1) is 47.2. The number of carboxylic acids is 1. The SMILES string of the molecule is CCCCCC/C=C/CCCCCCCCCC(=O)OC[C@@H](COP(=O)(O)OC[C@@H](N)C(=O)O)OC(=O)CCCCCCCCCCCC. The Morgan fingerprint density at radius 1 is 0.612 bits per heavy atom. The quantitative estimate of drug-likeness (QED) is 0.0244. The van der Waals surface area contributed by atoms with E-state index >= 15 is 0 Å². The fourth-order valence-electron chi connectivity index (χ4n) is 5.18. The molecule has 0 aliphatic carbocycles. The smallest absolute Gasteiger partial charge is 0.472 e. The summed E-state index contributed by atoms with van der Waals surface area (Å²) in [6, 6.07) is -1.52. The van der Waals surface area contributed by atoms with Gasteiger partial charge in [-0.05, 0) is 38.5 Å². The van der Waals surface area contributed by atoms with Crippen LogP contribution in [-0.4, -0.2) is 59.9 Å². The minimum absolute atomic E-state index is 0.164. The number of hydrogen-bond acceptors (Lipinski definition) is 9. The number of esters is 2. The van der Waals surface area contributed by atoms with Crippen LogP contribution in [0.4, 0.5) is 0 Å². The highest BCUT2D eigenvalue weighted by Crippen LogP contribution is 2.43. The van der Waals surface area contributed by atoms with E-state index in [1.165, 1.54) is 89.9 Å². The Labute approximate surface area is 297 Å². The molecule has 0 bridgehead atoms. The Kier molecular flexibility index (Phi) is 32.2. The number of nitrogens with two attached hydrogens (primary N) is 1. The summed E-state index contributed by atoms with van der Waals surface area (Å²) in [4.78, 5) is 45.7. The maximum atomic E-state index is 12.5. The number of carbonyl (C=O) groups excluding carboxylic acids is 2. The van der Waals surface area contributed by atoms with Crippen molar-refractivity contribution in [2.45, 2.75) is 187 Å². The van der Waals surface area contributed by atoms with Crippen LogP contribution in [0, 0.1) is 0 Å². The number of allylic oxidation sites excluding steroid dienone is 2. The number of phosphoric acid groups is 1.